The van der Waals surface area contributed by atoms with Gasteiger partial charge in [-0.05, 0) is 12.8 Å². The van der Waals surface area contributed by atoms with Gasteiger partial charge >= 0.3 is 0 Å². The predicted octanol–water partition coefficient (Wildman–Crippen LogP) is 4.73. The van der Waals surface area contributed by atoms with Gasteiger partial charge in [-0.2, -0.15) is 0 Å². The van der Waals surface area contributed by atoms with E-state index in [-0.39, 0.29) is 5.41 Å². The van der Waals surface area contributed by atoms with E-state index in [2.05, 4.69) is 20.8 Å². The van der Waals surface area contributed by atoms with Crippen molar-refractivity contribution in [3.8, 4) is 0 Å². The molecule has 0 atom stereocenters. The maximum atomic E-state index is 5.92. The summed E-state index contributed by atoms with van der Waals surface area (Å²) < 4.78 is 0. The molecule has 108 valence electrons. The highest BCUT2D eigenvalue weighted by molar-refractivity contribution is 7.11. The zero-order chi connectivity index (χ0) is 13.9. The van der Waals surface area contributed by atoms with Gasteiger partial charge in [0.2, 0.25) is 0 Å². The summed E-state index contributed by atoms with van der Waals surface area (Å²) in [6.45, 7) is 7.35. The SMILES string of the molecule is CC(C)(C)c1nc(C2CCCCCCC2)sc1CN. The molecule has 2 nitrogen and oxygen atoms in total. The topological polar surface area (TPSA) is 38.9 Å². The van der Waals surface area contributed by atoms with Crippen molar-refractivity contribution in [2.45, 2.75) is 83.6 Å². The van der Waals surface area contributed by atoms with Gasteiger partial charge in [0, 0.05) is 22.8 Å². The number of aromatic nitrogens is 1. The van der Waals surface area contributed by atoms with Crippen molar-refractivity contribution in [3.63, 3.8) is 0 Å². The lowest BCUT2D eigenvalue weighted by Gasteiger charge is -2.18. The van der Waals surface area contributed by atoms with E-state index >= 15 is 0 Å². The van der Waals surface area contributed by atoms with Crippen LogP contribution in [0.2, 0.25) is 0 Å². The summed E-state index contributed by atoms with van der Waals surface area (Å²) in [7, 11) is 0. The lowest BCUT2D eigenvalue weighted by Crippen LogP contribution is -2.15. The van der Waals surface area contributed by atoms with Crippen molar-refractivity contribution in [1.29, 1.82) is 0 Å². The first-order valence-electron chi connectivity index (χ1n) is 7.72. The zero-order valence-electron chi connectivity index (χ0n) is 12.7. The monoisotopic (exact) mass is 280 g/mol. The first kappa shape index (κ1) is 15.0. The second-order valence-corrected chi connectivity index (χ2v) is 7.94. The number of nitrogens with zero attached hydrogens (tertiary/aromatic N) is 1. The van der Waals surface area contributed by atoms with Crippen molar-refractivity contribution in [2.24, 2.45) is 5.73 Å². The van der Waals surface area contributed by atoms with Gasteiger partial charge in [0.1, 0.15) is 0 Å². The Kier molecular flexibility index (Phi) is 5.02. The molecule has 0 saturated heterocycles. The number of thiazole rings is 1. The third-order valence-electron chi connectivity index (χ3n) is 4.06. The van der Waals surface area contributed by atoms with Gasteiger partial charge in [-0.3, -0.25) is 0 Å². The minimum atomic E-state index is 0.116. The van der Waals surface area contributed by atoms with Crippen LogP contribution < -0.4 is 5.73 Å². The maximum Gasteiger partial charge on any atom is 0.0962 e. The second kappa shape index (κ2) is 6.36. The molecule has 1 aliphatic carbocycles. The first-order chi connectivity index (χ1) is 9.02. The van der Waals surface area contributed by atoms with Crippen LogP contribution in [-0.4, -0.2) is 4.98 Å². The molecule has 1 heterocycles. The van der Waals surface area contributed by atoms with Gasteiger partial charge in [-0.25, -0.2) is 4.98 Å². The maximum absolute atomic E-state index is 5.92. The Balaban J connectivity index is 2.21. The molecule has 1 saturated carbocycles. The Bertz CT molecular complexity index is 395. The molecular formula is C16H28N2S. The van der Waals surface area contributed by atoms with E-state index in [1.165, 1.54) is 60.5 Å². The molecule has 0 amide bonds. The Hall–Kier alpha value is -0.410. The zero-order valence-corrected chi connectivity index (χ0v) is 13.5. The third kappa shape index (κ3) is 3.79. The van der Waals surface area contributed by atoms with E-state index < -0.39 is 0 Å². The lowest BCUT2D eigenvalue weighted by molar-refractivity contribution is 0.452. The van der Waals surface area contributed by atoms with Crippen molar-refractivity contribution in [3.05, 3.63) is 15.6 Å². The summed E-state index contributed by atoms with van der Waals surface area (Å²) in [6.07, 6.45) is 9.60. The van der Waals surface area contributed by atoms with Crippen molar-refractivity contribution in [1.82, 2.24) is 4.98 Å². The average molecular weight is 280 g/mol. The molecular weight excluding hydrogens is 252 g/mol. The quantitative estimate of drug-likeness (QED) is 0.850. The molecule has 0 spiro atoms. The largest absolute Gasteiger partial charge is 0.326 e. The summed E-state index contributed by atoms with van der Waals surface area (Å²) in [5, 5.41) is 1.35. The normalized spacial score (nSPS) is 19.2. The number of hydrogen-bond donors (Lipinski definition) is 1. The van der Waals surface area contributed by atoms with Crippen molar-refractivity contribution >= 4 is 11.3 Å². The number of nitrogens with two attached hydrogens (primary N) is 1. The Morgan fingerprint density at radius 3 is 2.16 bits per heavy atom. The van der Waals surface area contributed by atoms with Crippen LogP contribution in [0.3, 0.4) is 0 Å². The molecule has 1 aromatic rings. The molecule has 2 N–H and O–H groups in total. The molecule has 19 heavy (non-hydrogen) atoms. The van der Waals surface area contributed by atoms with Crippen molar-refractivity contribution < 1.29 is 0 Å². The molecule has 0 unspecified atom stereocenters. The van der Waals surface area contributed by atoms with Crippen LogP contribution in [0.1, 0.15) is 87.2 Å². The van der Waals surface area contributed by atoms with Gasteiger partial charge in [0.15, 0.2) is 0 Å². The highest BCUT2D eigenvalue weighted by Gasteiger charge is 2.25. The van der Waals surface area contributed by atoms with Gasteiger partial charge in [-0.1, -0.05) is 52.9 Å². The first-order valence-corrected chi connectivity index (χ1v) is 8.54. The van der Waals surface area contributed by atoms with Crippen LogP contribution in [0.25, 0.3) is 0 Å². The van der Waals surface area contributed by atoms with Crippen molar-refractivity contribution in [2.75, 3.05) is 0 Å². The summed E-state index contributed by atoms with van der Waals surface area (Å²) >= 11 is 1.87. The van der Waals surface area contributed by atoms with Gasteiger partial charge in [0.05, 0.1) is 10.7 Å². The van der Waals surface area contributed by atoms with Crippen LogP contribution in [0, 0.1) is 0 Å². The summed E-state index contributed by atoms with van der Waals surface area (Å²) in [5.41, 5.74) is 7.27. The van der Waals surface area contributed by atoms with Crippen LogP contribution in [0.4, 0.5) is 0 Å². The molecule has 1 aliphatic rings. The second-order valence-electron chi connectivity index (χ2n) is 6.82. The minimum Gasteiger partial charge on any atom is -0.326 e. The molecule has 1 aromatic heterocycles. The van der Waals surface area contributed by atoms with Crippen LogP contribution >= 0.6 is 11.3 Å². The average Bonchev–Trinajstić information content (AvgIpc) is 2.72. The Morgan fingerprint density at radius 2 is 1.68 bits per heavy atom. The molecule has 0 radical (unpaired) electrons. The Labute approximate surface area is 121 Å². The smallest absolute Gasteiger partial charge is 0.0962 e. The van der Waals surface area contributed by atoms with Gasteiger partial charge in [0.25, 0.3) is 0 Å². The summed E-state index contributed by atoms with van der Waals surface area (Å²) in [5.74, 6) is 0.687. The fraction of sp³-hybridized carbons (Fsp3) is 0.812. The van der Waals surface area contributed by atoms with Gasteiger partial charge < -0.3 is 5.73 Å². The number of hydrogen-bond acceptors (Lipinski definition) is 3. The molecule has 0 bridgehead atoms. The van der Waals surface area contributed by atoms with Crippen LogP contribution in [0.15, 0.2) is 0 Å². The van der Waals surface area contributed by atoms with E-state index in [4.69, 9.17) is 10.7 Å². The molecule has 3 heteroatoms. The van der Waals surface area contributed by atoms with E-state index in [0.717, 1.165) is 0 Å². The highest BCUT2D eigenvalue weighted by atomic mass is 32.1. The summed E-state index contributed by atoms with van der Waals surface area (Å²) in [6, 6.07) is 0. The third-order valence-corrected chi connectivity index (χ3v) is 5.30. The van der Waals surface area contributed by atoms with E-state index in [0.29, 0.717) is 12.5 Å². The molecule has 1 fully saturated rings. The standard InChI is InChI=1S/C16H28N2S/c1-16(2,3)14-13(11-17)19-15(18-14)12-9-7-5-4-6-8-10-12/h12H,4-11,17H2,1-3H3. The fourth-order valence-electron chi connectivity index (χ4n) is 2.97. The predicted molar refractivity (Wildman–Crippen MR) is 83.8 cm³/mol. The molecule has 2 rings (SSSR count). The van der Waals surface area contributed by atoms with Crippen LogP contribution in [-0.2, 0) is 12.0 Å². The minimum absolute atomic E-state index is 0.116. The number of rotatable bonds is 2. The van der Waals surface area contributed by atoms with Crippen LogP contribution in [0.5, 0.6) is 0 Å². The van der Waals surface area contributed by atoms with Gasteiger partial charge in [-0.15, -0.1) is 11.3 Å². The fourth-order valence-corrected chi connectivity index (χ4v) is 4.30. The lowest BCUT2D eigenvalue weighted by atomic mass is 9.90. The molecule has 0 aliphatic heterocycles. The molecule has 0 aromatic carbocycles. The Morgan fingerprint density at radius 1 is 1.11 bits per heavy atom. The highest BCUT2D eigenvalue weighted by Crippen LogP contribution is 2.37. The van der Waals surface area contributed by atoms with E-state index in [1.807, 2.05) is 11.3 Å². The summed E-state index contributed by atoms with van der Waals surface area (Å²) in [4.78, 5) is 6.28. The van der Waals surface area contributed by atoms with E-state index in [9.17, 15) is 0 Å². The van der Waals surface area contributed by atoms with E-state index in [1.54, 1.807) is 0 Å².